The molecule has 0 fully saturated rings. The highest BCUT2D eigenvalue weighted by atomic mass is 28.2. The highest BCUT2D eigenvalue weighted by molar-refractivity contribution is 6.35. The van der Waals surface area contributed by atoms with Crippen molar-refractivity contribution in [1.29, 1.82) is 0 Å². The van der Waals surface area contributed by atoms with E-state index in [9.17, 15) is 0 Å². The zero-order valence-electron chi connectivity index (χ0n) is 4.53. The van der Waals surface area contributed by atoms with Crippen LogP contribution in [0, 0.1) is 0 Å². The molecule has 39 valence electrons. The SMILES string of the molecule is C=[Si]OCC[Si]C. The summed E-state index contributed by atoms with van der Waals surface area (Å²) in [5.74, 6) is 0. The molecule has 0 saturated carbocycles. The van der Waals surface area contributed by atoms with Gasteiger partial charge in [-0.1, -0.05) is 12.7 Å². The van der Waals surface area contributed by atoms with Crippen LogP contribution in [0.15, 0.2) is 0 Å². The Labute approximate surface area is 49.5 Å². The summed E-state index contributed by atoms with van der Waals surface area (Å²) >= 11 is 0. The minimum absolute atomic E-state index is 0.422. The Morgan fingerprint density at radius 1 is 1.71 bits per heavy atom. The minimum atomic E-state index is 0.422. The molecule has 0 aromatic rings. The first-order valence-corrected chi connectivity index (χ1v) is 5.02. The molecule has 0 atom stereocenters. The summed E-state index contributed by atoms with van der Waals surface area (Å²) in [7, 11) is 1.44. The third-order valence-electron chi connectivity index (χ3n) is 0.556. The van der Waals surface area contributed by atoms with Gasteiger partial charge in [-0.25, -0.2) is 0 Å². The maximum absolute atomic E-state index is 5.00. The van der Waals surface area contributed by atoms with E-state index in [1.165, 1.54) is 6.04 Å². The second-order valence-corrected chi connectivity index (χ2v) is 2.88. The second kappa shape index (κ2) is 6.10. The fourth-order valence-electron chi connectivity index (χ4n) is 0.225. The van der Waals surface area contributed by atoms with Crippen LogP contribution in [0.5, 0.6) is 0 Å². The molecule has 7 heavy (non-hydrogen) atoms. The summed E-state index contributed by atoms with van der Waals surface area (Å²) in [6.45, 7) is 3.08. The molecule has 0 aliphatic heterocycles. The standard InChI is InChI=1S/C4H9OSi2/c1-6-4-3-5-7-2/h2-4H2,1H3. The molecule has 3 heteroatoms. The summed E-state index contributed by atoms with van der Waals surface area (Å²) in [6.07, 6.45) is 3.57. The molecule has 1 nitrogen and oxygen atoms in total. The van der Waals surface area contributed by atoms with Crippen molar-refractivity contribution < 1.29 is 4.43 Å². The maximum Gasteiger partial charge on any atom is 0.273 e. The van der Waals surface area contributed by atoms with E-state index >= 15 is 0 Å². The van der Waals surface area contributed by atoms with Crippen LogP contribution in [0.2, 0.25) is 12.6 Å². The van der Waals surface area contributed by atoms with Crippen LogP contribution in [-0.4, -0.2) is 31.7 Å². The minimum Gasteiger partial charge on any atom is -0.549 e. The summed E-state index contributed by atoms with van der Waals surface area (Å²) in [4.78, 5) is 0. The van der Waals surface area contributed by atoms with E-state index in [1.54, 1.807) is 0 Å². The molecule has 0 aromatic heterocycles. The molecule has 0 amide bonds. The molecule has 0 saturated heterocycles. The molecule has 0 N–H and O–H groups in total. The predicted octanol–water partition coefficient (Wildman–Crippen LogP) is 0.225. The lowest BCUT2D eigenvalue weighted by Crippen LogP contribution is -1.94. The van der Waals surface area contributed by atoms with Gasteiger partial charge in [-0.05, 0) is 6.04 Å². The number of rotatable bonds is 4. The maximum atomic E-state index is 5.00. The fourth-order valence-corrected chi connectivity index (χ4v) is 0.982. The van der Waals surface area contributed by atoms with E-state index < -0.39 is 0 Å². The lowest BCUT2D eigenvalue weighted by molar-refractivity contribution is 0.372. The van der Waals surface area contributed by atoms with Crippen LogP contribution in [0.4, 0.5) is 0 Å². The summed E-state index contributed by atoms with van der Waals surface area (Å²) in [6, 6.07) is 1.20. The molecule has 0 unspecified atom stereocenters. The topological polar surface area (TPSA) is 9.23 Å². The van der Waals surface area contributed by atoms with E-state index in [1.807, 2.05) is 0 Å². The highest BCUT2D eigenvalue weighted by Gasteiger charge is 1.77. The Balaban J connectivity index is 2.56. The van der Waals surface area contributed by atoms with Crippen molar-refractivity contribution in [2.75, 3.05) is 6.61 Å². The smallest absolute Gasteiger partial charge is 0.273 e. The van der Waals surface area contributed by atoms with Gasteiger partial charge in [0.15, 0.2) is 0 Å². The van der Waals surface area contributed by atoms with Crippen molar-refractivity contribution in [3.63, 3.8) is 0 Å². The summed E-state index contributed by atoms with van der Waals surface area (Å²) in [5, 5.41) is 0. The van der Waals surface area contributed by atoms with Crippen LogP contribution < -0.4 is 0 Å². The Hall–Kier alpha value is 0.104. The first-order valence-electron chi connectivity index (χ1n) is 2.20. The Morgan fingerprint density at radius 2 is 2.43 bits per heavy atom. The van der Waals surface area contributed by atoms with Crippen molar-refractivity contribution >= 4 is 25.1 Å². The van der Waals surface area contributed by atoms with E-state index in [0.717, 1.165) is 16.1 Å². The van der Waals surface area contributed by atoms with Crippen LogP contribution in [0.1, 0.15) is 0 Å². The van der Waals surface area contributed by atoms with E-state index in [2.05, 4.69) is 12.7 Å². The van der Waals surface area contributed by atoms with Gasteiger partial charge >= 0.3 is 0 Å². The van der Waals surface area contributed by atoms with Crippen molar-refractivity contribution in [1.82, 2.24) is 0 Å². The van der Waals surface area contributed by atoms with Crippen LogP contribution >= 0.6 is 0 Å². The monoisotopic (exact) mass is 129 g/mol. The lowest BCUT2D eigenvalue weighted by Gasteiger charge is -1.93. The molecule has 0 aliphatic rings. The van der Waals surface area contributed by atoms with Gasteiger partial charge in [0.2, 0.25) is 0 Å². The lowest BCUT2D eigenvalue weighted by atomic mass is 10.9. The molecule has 0 bridgehead atoms. The molecule has 0 rings (SSSR count). The van der Waals surface area contributed by atoms with E-state index in [0.29, 0.717) is 9.38 Å². The fraction of sp³-hybridized carbons (Fsp3) is 0.750. The quantitative estimate of drug-likeness (QED) is 0.390. The molecular formula is C4H9OSi2. The van der Waals surface area contributed by atoms with Gasteiger partial charge in [-0.2, -0.15) is 0 Å². The van der Waals surface area contributed by atoms with Gasteiger partial charge in [0.25, 0.3) is 9.38 Å². The van der Waals surface area contributed by atoms with Gasteiger partial charge in [-0.15, -0.1) is 0 Å². The van der Waals surface area contributed by atoms with Gasteiger partial charge in [0.05, 0.1) is 6.61 Å². The highest BCUT2D eigenvalue weighted by Crippen LogP contribution is 1.75. The Bertz CT molecular complexity index is 47.0. The zero-order valence-corrected chi connectivity index (χ0v) is 6.53. The Kier molecular flexibility index (Phi) is 6.19. The van der Waals surface area contributed by atoms with Crippen molar-refractivity contribution in [2.24, 2.45) is 0 Å². The number of hydrogen-bond donors (Lipinski definition) is 0. The molecular weight excluding hydrogens is 120 g/mol. The van der Waals surface area contributed by atoms with Crippen LogP contribution in [0.25, 0.3) is 0 Å². The third kappa shape index (κ3) is 6.10. The van der Waals surface area contributed by atoms with Crippen molar-refractivity contribution in [2.45, 2.75) is 12.6 Å². The van der Waals surface area contributed by atoms with Gasteiger partial charge in [0.1, 0.15) is 0 Å². The molecule has 0 aliphatic carbocycles. The normalized spacial score (nSPS) is 8.14. The van der Waals surface area contributed by atoms with Gasteiger partial charge in [0, 0.05) is 9.52 Å². The van der Waals surface area contributed by atoms with E-state index in [-0.39, 0.29) is 0 Å². The predicted molar refractivity (Wildman–Crippen MR) is 35.3 cm³/mol. The average Bonchev–Trinajstić information content (AvgIpc) is 1.69. The summed E-state index contributed by atoms with van der Waals surface area (Å²) in [5.41, 5.74) is 0. The van der Waals surface area contributed by atoms with Gasteiger partial charge < -0.3 is 4.43 Å². The summed E-state index contributed by atoms with van der Waals surface area (Å²) < 4.78 is 5.00. The second-order valence-electron chi connectivity index (χ2n) is 1.10. The third-order valence-corrected chi connectivity index (χ3v) is 1.67. The first-order chi connectivity index (χ1) is 3.41. The van der Waals surface area contributed by atoms with E-state index in [4.69, 9.17) is 4.43 Å². The first kappa shape index (κ1) is 7.10. The Morgan fingerprint density at radius 3 is 2.86 bits per heavy atom. The van der Waals surface area contributed by atoms with Crippen molar-refractivity contribution in [3.8, 4) is 0 Å². The molecule has 0 heterocycles. The van der Waals surface area contributed by atoms with Crippen molar-refractivity contribution in [3.05, 3.63) is 0 Å². The van der Waals surface area contributed by atoms with Crippen LogP contribution in [-0.2, 0) is 4.43 Å². The largest absolute Gasteiger partial charge is 0.549 e. The molecule has 0 aromatic carbocycles. The van der Waals surface area contributed by atoms with Gasteiger partial charge in [-0.3, -0.25) is 0 Å². The number of hydrogen-bond acceptors (Lipinski definition) is 1. The zero-order chi connectivity index (χ0) is 5.54. The van der Waals surface area contributed by atoms with Crippen LogP contribution in [0.3, 0.4) is 0 Å². The molecule has 3 radical (unpaired) electrons. The molecule has 0 spiro atoms. The average molecular weight is 129 g/mol.